The Balaban J connectivity index is 2.01. The molecule has 0 saturated heterocycles. The summed E-state index contributed by atoms with van der Waals surface area (Å²) in [7, 11) is 0. The second-order valence-corrected chi connectivity index (χ2v) is 4.61. The molecule has 0 bridgehead atoms. The lowest BCUT2D eigenvalue weighted by Gasteiger charge is -2.18. The molecule has 7 heteroatoms. The third-order valence-electron chi connectivity index (χ3n) is 3.38. The zero-order valence-electron chi connectivity index (χ0n) is 9.87. The highest BCUT2D eigenvalue weighted by Gasteiger charge is 2.45. The highest BCUT2D eigenvalue weighted by Crippen LogP contribution is 2.51. The van der Waals surface area contributed by atoms with Crippen molar-refractivity contribution in [3.63, 3.8) is 0 Å². The van der Waals surface area contributed by atoms with Crippen LogP contribution in [0.1, 0.15) is 17.9 Å². The van der Waals surface area contributed by atoms with Crippen molar-refractivity contribution in [3.05, 3.63) is 27.8 Å². The molecule has 0 spiro atoms. The van der Waals surface area contributed by atoms with Crippen molar-refractivity contribution in [2.75, 3.05) is 13.2 Å². The number of benzene rings is 1. The minimum Gasteiger partial charge on any atom is -0.486 e. The van der Waals surface area contributed by atoms with Crippen molar-refractivity contribution in [3.8, 4) is 11.5 Å². The first-order valence-corrected chi connectivity index (χ1v) is 5.88. The van der Waals surface area contributed by atoms with Gasteiger partial charge >= 0.3 is 11.7 Å². The number of rotatable bonds is 3. The zero-order chi connectivity index (χ0) is 13.6. The van der Waals surface area contributed by atoms with Crippen LogP contribution in [-0.2, 0) is 4.79 Å². The van der Waals surface area contributed by atoms with Crippen LogP contribution in [0.15, 0.2) is 12.1 Å². The van der Waals surface area contributed by atoms with Crippen LogP contribution in [0.5, 0.6) is 11.5 Å². The van der Waals surface area contributed by atoms with E-state index in [2.05, 4.69) is 0 Å². The van der Waals surface area contributed by atoms with Crippen LogP contribution in [0, 0.1) is 16.0 Å². The molecular formula is C12H11NO6. The van der Waals surface area contributed by atoms with Gasteiger partial charge in [0.05, 0.1) is 10.8 Å². The van der Waals surface area contributed by atoms with E-state index >= 15 is 0 Å². The fraction of sp³-hybridized carbons (Fsp3) is 0.417. The van der Waals surface area contributed by atoms with Gasteiger partial charge in [0.2, 0.25) is 5.75 Å². The smallest absolute Gasteiger partial charge is 0.315 e. The lowest BCUT2D eigenvalue weighted by atomic mass is 10.1. The van der Waals surface area contributed by atoms with Gasteiger partial charge in [-0.1, -0.05) is 0 Å². The molecule has 1 N–H and O–H groups in total. The highest BCUT2D eigenvalue weighted by molar-refractivity contribution is 5.75. The number of carboxylic acids is 1. The topological polar surface area (TPSA) is 98.9 Å². The van der Waals surface area contributed by atoms with Gasteiger partial charge in [0.1, 0.15) is 13.2 Å². The molecule has 0 radical (unpaired) electrons. The van der Waals surface area contributed by atoms with Crippen LogP contribution in [0.25, 0.3) is 0 Å². The van der Waals surface area contributed by atoms with E-state index in [-0.39, 0.29) is 24.0 Å². The van der Waals surface area contributed by atoms with Crippen LogP contribution in [0.2, 0.25) is 0 Å². The molecule has 1 heterocycles. The van der Waals surface area contributed by atoms with E-state index < -0.39 is 16.8 Å². The summed E-state index contributed by atoms with van der Waals surface area (Å²) in [6.07, 6.45) is 0.506. The van der Waals surface area contributed by atoms with E-state index in [1.54, 1.807) is 6.07 Å². The average Bonchev–Trinajstić information content (AvgIpc) is 3.17. The molecule has 2 aliphatic rings. The maximum absolute atomic E-state index is 11.0. The standard InChI is InChI=1S/C12H11NO6/c14-12(15)8-5-7(8)6-3-9(13(16)17)11-10(4-6)18-1-2-19-11/h3-4,7-8H,1-2,5H2,(H,14,15). The number of nitro groups is 1. The number of nitro benzene ring substituents is 1. The summed E-state index contributed by atoms with van der Waals surface area (Å²) in [6, 6.07) is 3.04. The van der Waals surface area contributed by atoms with Gasteiger partial charge in [-0.05, 0) is 24.0 Å². The molecular weight excluding hydrogens is 254 g/mol. The molecule has 0 aromatic heterocycles. The molecule has 1 fully saturated rings. The second kappa shape index (κ2) is 4.11. The second-order valence-electron chi connectivity index (χ2n) is 4.61. The summed E-state index contributed by atoms with van der Waals surface area (Å²) in [5.41, 5.74) is 0.464. The Morgan fingerprint density at radius 2 is 2.11 bits per heavy atom. The molecule has 1 saturated carbocycles. The molecule has 7 nitrogen and oxygen atoms in total. The molecule has 2 atom stereocenters. The van der Waals surface area contributed by atoms with Crippen molar-refractivity contribution >= 4 is 11.7 Å². The SMILES string of the molecule is O=C(O)C1CC1c1cc2c(c([N+](=O)[O-])c1)OCCO2. The fourth-order valence-corrected chi connectivity index (χ4v) is 2.34. The van der Waals surface area contributed by atoms with Gasteiger partial charge in [-0.2, -0.15) is 0 Å². The van der Waals surface area contributed by atoms with E-state index in [9.17, 15) is 14.9 Å². The van der Waals surface area contributed by atoms with Crippen molar-refractivity contribution in [2.45, 2.75) is 12.3 Å². The summed E-state index contributed by atoms with van der Waals surface area (Å²) in [6.45, 7) is 0.606. The Morgan fingerprint density at radius 3 is 2.74 bits per heavy atom. The van der Waals surface area contributed by atoms with Gasteiger partial charge in [0.15, 0.2) is 5.75 Å². The third-order valence-corrected chi connectivity index (χ3v) is 3.38. The predicted molar refractivity (Wildman–Crippen MR) is 62.6 cm³/mol. The first kappa shape index (κ1) is 11.8. The fourth-order valence-electron chi connectivity index (χ4n) is 2.34. The monoisotopic (exact) mass is 265 g/mol. The van der Waals surface area contributed by atoms with Crippen molar-refractivity contribution in [1.82, 2.24) is 0 Å². The van der Waals surface area contributed by atoms with Crippen LogP contribution in [0.4, 0.5) is 5.69 Å². The van der Waals surface area contributed by atoms with Gasteiger partial charge in [-0.3, -0.25) is 14.9 Å². The van der Waals surface area contributed by atoms with Gasteiger partial charge in [0, 0.05) is 6.07 Å². The largest absolute Gasteiger partial charge is 0.486 e. The molecule has 1 aromatic carbocycles. The van der Waals surface area contributed by atoms with E-state index in [1.165, 1.54) is 6.07 Å². The Labute approximate surface area is 107 Å². The summed E-state index contributed by atoms with van der Waals surface area (Å²) < 4.78 is 10.6. The van der Waals surface area contributed by atoms with Crippen molar-refractivity contribution in [1.29, 1.82) is 0 Å². The minimum atomic E-state index is -0.873. The van der Waals surface area contributed by atoms with Crippen molar-refractivity contribution < 1.29 is 24.3 Å². The average molecular weight is 265 g/mol. The number of fused-ring (bicyclic) bond motifs is 1. The first-order chi connectivity index (χ1) is 9.08. The summed E-state index contributed by atoms with van der Waals surface area (Å²) in [5.74, 6) is -1.05. The van der Waals surface area contributed by atoms with Crippen LogP contribution in [-0.4, -0.2) is 29.2 Å². The molecule has 100 valence electrons. The Hall–Kier alpha value is -2.31. The lowest BCUT2D eigenvalue weighted by Crippen LogP contribution is -2.16. The Bertz CT molecular complexity index is 570. The maximum atomic E-state index is 11.0. The maximum Gasteiger partial charge on any atom is 0.315 e. The van der Waals surface area contributed by atoms with Gasteiger partial charge < -0.3 is 14.6 Å². The molecule has 3 rings (SSSR count). The van der Waals surface area contributed by atoms with Crippen LogP contribution in [0.3, 0.4) is 0 Å². The Kier molecular flexibility index (Phi) is 2.55. The third kappa shape index (κ3) is 1.96. The molecule has 1 aliphatic heterocycles. The number of aliphatic carboxylic acids is 1. The number of hydrogen-bond donors (Lipinski definition) is 1. The van der Waals surface area contributed by atoms with E-state index in [0.29, 0.717) is 24.3 Å². The predicted octanol–water partition coefficient (Wildman–Crippen LogP) is 1.55. The van der Waals surface area contributed by atoms with E-state index in [0.717, 1.165) is 0 Å². The molecule has 1 aliphatic carbocycles. The van der Waals surface area contributed by atoms with Crippen LogP contribution >= 0.6 is 0 Å². The molecule has 1 aromatic rings. The molecule has 2 unspecified atom stereocenters. The summed E-state index contributed by atoms with van der Waals surface area (Å²) >= 11 is 0. The Morgan fingerprint density at radius 1 is 1.37 bits per heavy atom. The van der Waals surface area contributed by atoms with Crippen LogP contribution < -0.4 is 9.47 Å². The first-order valence-electron chi connectivity index (χ1n) is 5.88. The van der Waals surface area contributed by atoms with Gasteiger partial charge in [-0.25, -0.2) is 0 Å². The number of carbonyl (C=O) groups is 1. The highest BCUT2D eigenvalue weighted by atomic mass is 16.6. The normalized spacial score (nSPS) is 23.8. The van der Waals surface area contributed by atoms with Gasteiger partial charge in [-0.15, -0.1) is 0 Å². The summed E-state index contributed by atoms with van der Waals surface area (Å²) in [4.78, 5) is 21.4. The van der Waals surface area contributed by atoms with E-state index in [1.807, 2.05) is 0 Å². The molecule has 0 amide bonds. The summed E-state index contributed by atoms with van der Waals surface area (Å²) in [5, 5.41) is 19.9. The van der Waals surface area contributed by atoms with E-state index in [4.69, 9.17) is 14.6 Å². The minimum absolute atomic E-state index is 0.132. The van der Waals surface area contributed by atoms with Crippen molar-refractivity contribution in [2.24, 2.45) is 5.92 Å². The number of carboxylic acid groups (broad SMARTS) is 1. The lowest BCUT2D eigenvalue weighted by molar-refractivity contribution is -0.386. The quantitative estimate of drug-likeness (QED) is 0.657. The van der Waals surface area contributed by atoms with Gasteiger partial charge in [0.25, 0.3) is 0 Å². The molecule has 19 heavy (non-hydrogen) atoms. The number of hydrogen-bond acceptors (Lipinski definition) is 5. The number of nitrogens with zero attached hydrogens (tertiary/aromatic N) is 1. The zero-order valence-corrected chi connectivity index (χ0v) is 9.87. The number of ether oxygens (including phenoxy) is 2.